The molecule has 0 radical (unpaired) electrons. The van der Waals surface area contributed by atoms with Gasteiger partial charge in [-0.3, -0.25) is 4.79 Å². The molecule has 9 nitrogen and oxygen atoms in total. The number of hydrogen-bond acceptors (Lipinski definition) is 7. The number of nitrogens with zero attached hydrogens (tertiary/aromatic N) is 5. The summed E-state index contributed by atoms with van der Waals surface area (Å²) in [5, 5.41) is 2.79. The maximum Gasteiger partial charge on any atom is 0.410 e. The van der Waals surface area contributed by atoms with Crippen LogP contribution in [0.25, 0.3) is 11.3 Å². The van der Waals surface area contributed by atoms with Crippen LogP contribution in [0.5, 0.6) is 0 Å². The Morgan fingerprint density at radius 1 is 1.12 bits per heavy atom. The Morgan fingerprint density at radius 2 is 1.86 bits per heavy atom. The van der Waals surface area contributed by atoms with Crippen molar-refractivity contribution in [3.05, 3.63) is 35.6 Å². The Kier molecular flexibility index (Phi) is 8.36. The Morgan fingerprint density at radius 3 is 2.52 bits per heavy atom. The number of fused-ring (bicyclic) bond motifs is 1. The molecule has 2 saturated heterocycles. The number of amides is 2. The summed E-state index contributed by atoms with van der Waals surface area (Å²) in [6.07, 6.45) is 3.48. The molecule has 1 atom stereocenters. The summed E-state index contributed by atoms with van der Waals surface area (Å²) in [5.41, 5.74) is 1.48. The lowest BCUT2D eigenvalue weighted by atomic mass is 9.79. The molecule has 3 aliphatic rings. The van der Waals surface area contributed by atoms with E-state index in [-0.39, 0.29) is 29.3 Å². The minimum absolute atomic E-state index is 0.00242. The highest BCUT2D eigenvalue weighted by molar-refractivity contribution is 5.78. The van der Waals surface area contributed by atoms with E-state index in [1.54, 1.807) is 24.1 Å². The number of nitrogens with one attached hydrogen (secondary N) is 1. The highest BCUT2D eigenvalue weighted by Crippen LogP contribution is 2.43. The fourth-order valence-corrected chi connectivity index (χ4v) is 6.60. The van der Waals surface area contributed by atoms with Gasteiger partial charge in [0.15, 0.2) is 0 Å². The highest BCUT2D eigenvalue weighted by Gasteiger charge is 2.51. The average Bonchev–Trinajstić information content (AvgIpc) is 3.36. The third-order valence-corrected chi connectivity index (χ3v) is 8.51. The van der Waals surface area contributed by atoms with Crippen LogP contribution in [0.2, 0.25) is 0 Å². The predicted molar refractivity (Wildman–Crippen MR) is 162 cm³/mol. The topological polar surface area (TPSA) is 90.9 Å². The fourth-order valence-electron chi connectivity index (χ4n) is 6.60. The summed E-state index contributed by atoms with van der Waals surface area (Å²) in [5.74, 6) is 1.47. The number of ether oxygens (including phenoxy) is 1. The van der Waals surface area contributed by atoms with Crippen molar-refractivity contribution in [1.29, 1.82) is 0 Å². The molecule has 42 heavy (non-hydrogen) atoms. The molecule has 5 rings (SSSR count). The second-order valence-electron chi connectivity index (χ2n) is 13.6. The first-order valence-electron chi connectivity index (χ1n) is 15.2. The predicted octanol–water partition coefficient (Wildman–Crippen LogP) is 5.03. The van der Waals surface area contributed by atoms with Crippen molar-refractivity contribution in [2.75, 3.05) is 49.6 Å². The lowest BCUT2D eigenvalue weighted by molar-refractivity contribution is -0.121. The molecular formula is C32H45FN6O3. The lowest BCUT2D eigenvalue weighted by Gasteiger charge is -2.47. The van der Waals surface area contributed by atoms with Gasteiger partial charge in [0.1, 0.15) is 17.2 Å². The van der Waals surface area contributed by atoms with E-state index >= 15 is 4.39 Å². The van der Waals surface area contributed by atoms with Crippen LogP contribution in [0.4, 0.5) is 21.0 Å². The molecule has 1 N–H and O–H groups in total. The SMILES string of the molecule is CNC(=O)CC(CC(C)C)N1CCCc2c(-c3ccccc3F)nc(N3CCC4(CN(C(=O)OC(C)(C)C)C4)C3)nc21. The van der Waals surface area contributed by atoms with Gasteiger partial charge in [-0.25, -0.2) is 14.2 Å². The van der Waals surface area contributed by atoms with Crippen LogP contribution < -0.4 is 15.1 Å². The van der Waals surface area contributed by atoms with E-state index in [2.05, 4.69) is 29.0 Å². The number of anilines is 2. The number of rotatable bonds is 7. The Bertz CT molecular complexity index is 1320. The summed E-state index contributed by atoms with van der Waals surface area (Å²) < 4.78 is 20.8. The first kappa shape index (κ1) is 30.0. The van der Waals surface area contributed by atoms with Gasteiger partial charge in [0, 0.05) is 68.8 Å². The standard InChI is InChI=1S/C32H45FN6O3/c1-21(2)16-22(17-26(40)34-6)39-14-9-11-24-27(23-10-7-8-12-25(23)33)35-29(36-28(24)39)37-15-13-32(18-37)19-38(20-32)30(41)42-31(3,4)5/h7-8,10,12,21-22H,9,11,13-20H2,1-6H3,(H,34,40). The molecule has 0 bridgehead atoms. The van der Waals surface area contributed by atoms with E-state index in [4.69, 9.17) is 14.7 Å². The molecule has 228 valence electrons. The minimum atomic E-state index is -0.529. The lowest BCUT2D eigenvalue weighted by Crippen LogP contribution is -2.60. The zero-order valence-corrected chi connectivity index (χ0v) is 25.9. The molecule has 4 heterocycles. The Labute approximate surface area is 248 Å². The monoisotopic (exact) mass is 580 g/mol. The van der Waals surface area contributed by atoms with Crippen molar-refractivity contribution in [2.45, 2.75) is 78.4 Å². The highest BCUT2D eigenvalue weighted by atomic mass is 19.1. The van der Waals surface area contributed by atoms with Crippen LogP contribution >= 0.6 is 0 Å². The molecule has 1 aromatic heterocycles. The number of carbonyl (C=O) groups is 2. The molecule has 1 unspecified atom stereocenters. The van der Waals surface area contributed by atoms with Crippen molar-refractivity contribution in [3.8, 4) is 11.3 Å². The van der Waals surface area contributed by atoms with Crippen LogP contribution in [0.15, 0.2) is 24.3 Å². The minimum Gasteiger partial charge on any atom is -0.444 e. The molecule has 0 saturated carbocycles. The van der Waals surface area contributed by atoms with E-state index < -0.39 is 5.60 Å². The van der Waals surface area contributed by atoms with Crippen molar-refractivity contribution < 1.29 is 18.7 Å². The number of benzene rings is 1. The molecule has 2 fully saturated rings. The normalized spacial score (nSPS) is 18.6. The largest absolute Gasteiger partial charge is 0.444 e. The third kappa shape index (κ3) is 6.32. The van der Waals surface area contributed by atoms with Crippen LogP contribution in [0.1, 0.15) is 65.9 Å². The van der Waals surface area contributed by atoms with E-state index in [0.717, 1.165) is 56.7 Å². The third-order valence-electron chi connectivity index (χ3n) is 8.51. The number of halogens is 1. The van der Waals surface area contributed by atoms with Gasteiger partial charge >= 0.3 is 6.09 Å². The molecule has 1 aromatic carbocycles. The molecule has 2 aromatic rings. The smallest absolute Gasteiger partial charge is 0.410 e. The molecule has 1 spiro atoms. The number of likely N-dealkylation sites (tertiary alicyclic amines) is 1. The zero-order chi connectivity index (χ0) is 30.2. The summed E-state index contributed by atoms with van der Waals surface area (Å²) in [6, 6.07) is 6.76. The molecule has 0 aliphatic carbocycles. The van der Waals surface area contributed by atoms with Gasteiger partial charge in [-0.2, -0.15) is 4.98 Å². The maximum atomic E-state index is 15.2. The van der Waals surface area contributed by atoms with E-state index in [9.17, 15) is 9.59 Å². The van der Waals surface area contributed by atoms with Crippen molar-refractivity contribution in [2.24, 2.45) is 11.3 Å². The van der Waals surface area contributed by atoms with Gasteiger partial charge in [0.05, 0.1) is 5.69 Å². The fraction of sp³-hybridized carbons (Fsp3) is 0.625. The number of aromatic nitrogens is 2. The summed E-state index contributed by atoms with van der Waals surface area (Å²) in [4.78, 5) is 41.6. The van der Waals surface area contributed by atoms with Crippen LogP contribution in [0.3, 0.4) is 0 Å². The summed E-state index contributed by atoms with van der Waals surface area (Å²) >= 11 is 0. The van der Waals surface area contributed by atoms with Crippen molar-refractivity contribution >= 4 is 23.8 Å². The van der Waals surface area contributed by atoms with Gasteiger partial charge in [-0.05, 0) is 64.5 Å². The number of hydrogen-bond donors (Lipinski definition) is 1. The molecule has 2 amide bonds. The second-order valence-corrected chi connectivity index (χ2v) is 13.6. The van der Waals surface area contributed by atoms with Gasteiger partial charge in [-0.15, -0.1) is 0 Å². The van der Waals surface area contributed by atoms with Gasteiger partial charge in [-0.1, -0.05) is 26.0 Å². The van der Waals surface area contributed by atoms with Crippen LogP contribution in [-0.4, -0.2) is 78.3 Å². The quantitative estimate of drug-likeness (QED) is 0.491. The van der Waals surface area contributed by atoms with Gasteiger partial charge in [0.25, 0.3) is 0 Å². The first-order valence-corrected chi connectivity index (χ1v) is 15.2. The van der Waals surface area contributed by atoms with E-state index in [1.165, 1.54) is 6.07 Å². The van der Waals surface area contributed by atoms with E-state index in [0.29, 0.717) is 42.6 Å². The second kappa shape index (κ2) is 11.7. The Balaban J connectivity index is 1.48. The van der Waals surface area contributed by atoms with Gasteiger partial charge in [0.2, 0.25) is 11.9 Å². The average molecular weight is 581 g/mol. The summed E-state index contributed by atoms with van der Waals surface area (Å²) in [7, 11) is 1.67. The van der Waals surface area contributed by atoms with E-state index in [1.807, 2.05) is 26.8 Å². The number of carbonyl (C=O) groups excluding carboxylic acids is 2. The molecule has 10 heteroatoms. The molecule has 3 aliphatic heterocycles. The summed E-state index contributed by atoms with van der Waals surface area (Å²) in [6.45, 7) is 13.5. The van der Waals surface area contributed by atoms with Gasteiger partial charge < -0.3 is 24.8 Å². The van der Waals surface area contributed by atoms with Crippen LogP contribution in [-0.2, 0) is 16.0 Å². The Hall–Kier alpha value is -3.43. The maximum absolute atomic E-state index is 15.2. The first-order chi connectivity index (χ1) is 19.9. The van der Waals surface area contributed by atoms with Crippen LogP contribution in [0, 0.1) is 17.2 Å². The van der Waals surface area contributed by atoms with Crippen molar-refractivity contribution in [1.82, 2.24) is 20.2 Å². The zero-order valence-electron chi connectivity index (χ0n) is 25.9. The van der Waals surface area contributed by atoms with Crippen molar-refractivity contribution in [3.63, 3.8) is 0 Å². The molecular weight excluding hydrogens is 535 g/mol.